The molecular formula is C76H79N25O12Y6-6. The van der Waals surface area contributed by atoms with E-state index < -0.39 is 11.9 Å². The molecular weight excluding hydrogens is 1990 g/mol. The van der Waals surface area contributed by atoms with E-state index in [1.807, 2.05) is 18.2 Å². The molecule has 0 spiro atoms. The predicted octanol–water partition coefficient (Wildman–Crippen LogP) is 6.99. The number of tetrazole rings is 1. The van der Waals surface area contributed by atoms with E-state index in [4.69, 9.17) is 30.7 Å². The second-order valence-electron chi connectivity index (χ2n) is 21.6. The molecule has 0 atom stereocenters. The second kappa shape index (κ2) is 60.6. The number of pyridine rings is 6. The number of aryl methyl sites for hydroxylation is 4. The van der Waals surface area contributed by atoms with E-state index in [0.717, 1.165) is 29.5 Å². The first kappa shape index (κ1) is 114. The number of aromatic nitrogens is 16. The van der Waals surface area contributed by atoms with Crippen LogP contribution in [0.1, 0.15) is 146 Å². The first-order valence-corrected chi connectivity index (χ1v) is 32.5. The monoisotopic (exact) mass is 2070 g/mol. The Hall–Kier alpha value is -8.83. The van der Waals surface area contributed by atoms with E-state index in [-0.39, 0.29) is 265 Å². The van der Waals surface area contributed by atoms with Crippen molar-refractivity contribution in [3.05, 3.63) is 281 Å². The average Bonchev–Trinajstić information content (AvgIpc) is 1.70. The summed E-state index contributed by atoms with van der Waals surface area (Å²) < 4.78 is 14.2. The molecule has 37 nitrogen and oxygen atoms in total. The van der Waals surface area contributed by atoms with Crippen LogP contribution in [0.5, 0.6) is 0 Å². The smallest absolute Gasteiger partial charge is 0.358 e. The summed E-state index contributed by atoms with van der Waals surface area (Å²) in [5.41, 5.74) is 10.1. The van der Waals surface area contributed by atoms with Gasteiger partial charge in [-0.15, -0.1) is 10.2 Å². The zero-order chi connectivity index (χ0) is 80.9. The summed E-state index contributed by atoms with van der Waals surface area (Å²) in [6.07, 6.45) is 17.7. The number of carboxylic acids is 1. The fourth-order valence-electron chi connectivity index (χ4n) is 9.89. The minimum Gasteiger partial charge on any atom is -0.504 e. The molecule has 0 aliphatic rings. The Morgan fingerprint density at radius 1 is 0.487 bits per heavy atom. The number of carbonyl (C=O) groups excluding carboxylic acids is 8. The summed E-state index contributed by atoms with van der Waals surface area (Å²) >= 11 is 0. The van der Waals surface area contributed by atoms with E-state index in [2.05, 4.69) is 138 Å². The molecule has 13 heterocycles. The van der Waals surface area contributed by atoms with Crippen LogP contribution in [0.25, 0.3) is 39.2 Å². The standard InChI is InChI=1S/C12H12N7O.C12H11N4O.C12H9N4O.2C12H12N3O3.C10H8N3O2.C3H3N.CH4O.2CH4.6Y/c1-13-12(20)9-3-2-6-19-10(9)7-8(16-19)4-5-11-14-17-18-15-11;2*1-14-12(17)10-5-3-7-16-11(10)8-9(15-16)4-2-6-13;1-13-12(18)9-3-2-6-15-10(9)7-8(14-15)4-5-11(16)17;1-3-18-12(17)9-7-10-8(11(16)13-2)5-4-6-15(10)14-9;1-11-10(15)8-3-2-4-13-9(8)5-7(6-14)12-13;1-2-3-4;1-2;;;;;;;;/h2-3,6-7H,1,4-5H2,(H,13,20)(H,14,15,17,18);3,5,7-8H,1-2,4H2,(H,14,17);2-5,7-8H,1H2,(H,14,17);2-3,6-7H,1,4-5H2,(H,13,18)(H,16,17);4-7H,2-3H2,1H3,(H,13,16);2-6H,1H2,(H,11,15);2H,1H2;2H,1H3;2*1H4;;;;;;/q6*-1;;;;;;;;;;. The molecule has 0 unspecified atom stereocenters. The number of allylic oxidation sites excluding steroid dienone is 2. The Morgan fingerprint density at radius 2 is 0.815 bits per heavy atom. The molecule has 119 heavy (non-hydrogen) atoms. The van der Waals surface area contributed by atoms with Crippen LogP contribution in [0, 0.1) is 76.3 Å². The van der Waals surface area contributed by atoms with Crippen molar-refractivity contribution in [3.63, 3.8) is 0 Å². The summed E-state index contributed by atoms with van der Waals surface area (Å²) in [5.74, 6) is -2.45. The number of nitriles is 3. The second-order valence-corrected chi connectivity index (χ2v) is 21.6. The number of hydrogen-bond acceptors (Lipinski definition) is 23. The number of carbonyl (C=O) groups is 9. The van der Waals surface area contributed by atoms with Gasteiger partial charge in [0.15, 0.2) is 17.8 Å². The molecule has 604 valence electrons. The minimum atomic E-state index is -0.872. The predicted molar refractivity (Wildman–Crippen MR) is 413 cm³/mol. The van der Waals surface area contributed by atoms with E-state index in [0.29, 0.717) is 117 Å². The van der Waals surface area contributed by atoms with Crippen molar-refractivity contribution in [1.82, 2.24) is 110 Å². The Labute approximate surface area is 835 Å². The fraction of sp³-hybridized carbons (Fsp3) is 0.145. The maximum Gasteiger partial charge on any atom is 0.358 e. The molecule has 13 aromatic rings. The molecule has 0 aliphatic heterocycles. The number of aliphatic carboxylic acids is 1. The molecule has 0 fully saturated rings. The molecule has 0 saturated heterocycles. The first-order chi connectivity index (χ1) is 53.7. The Morgan fingerprint density at radius 3 is 1.13 bits per heavy atom. The number of H-pyrrole nitrogens is 1. The number of esters is 1. The van der Waals surface area contributed by atoms with Crippen LogP contribution in [0.15, 0.2) is 165 Å². The molecule has 9 N–H and O–H groups in total. The SMILES string of the molecule is C.C.C=CC#N.CO.[CH2-]NC(=O)c1cccn2nc(C(=O)OCC)cc12.[CH2-]NC(=O)c1cccn2nc(C=CC#N)cc12.[CH2-]NC(=O)c1cccn2nc(C=O)cc12.[CH2-]NC(=O)c1cccn2nc(CCC#N)cc12.[CH2-]NC(=O)c1cccn2nc(CCC(=O)O)cc12.[CH2-]NC(=O)c1cccn2nc(CCc3nn[nH]n3)cc12.[Y].[Y].[Y].[Y].[Y].[Y]. The number of fused-ring (bicyclic) bond motifs is 6. The van der Waals surface area contributed by atoms with Gasteiger partial charge in [0.05, 0.1) is 120 Å². The molecule has 0 bridgehead atoms. The van der Waals surface area contributed by atoms with E-state index in [1.165, 1.54) is 27.2 Å². The van der Waals surface area contributed by atoms with Crippen molar-refractivity contribution in [2.75, 3.05) is 13.7 Å². The van der Waals surface area contributed by atoms with Crippen LogP contribution < -0.4 is 31.9 Å². The summed E-state index contributed by atoms with van der Waals surface area (Å²) in [4.78, 5) is 102. The average molecular weight is 2070 g/mol. The van der Waals surface area contributed by atoms with Crippen molar-refractivity contribution in [1.29, 1.82) is 15.8 Å². The fourth-order valence-corrected chi connectivity index (χ4v) is 9.89. The van der Waals surface area contributed by atoms with Crippen LogP contribution in [0.2, 0.25) is 0 Å². The van der Waals surface area contributed by atoms with Gasteiger partial charge in [0, 0.05) is 278 Å². The Kier molecular flexibility index (Phi) is 58.2. The number of aldehydes is 1. The molecule has 13 rings (SSSR count). The van der Waals surface area contributed by atoms with Crippen LogP contribution in [0.3, 0.4) is 0 Å². The molecule has 13 aromatic heterocycles. The zero-order valence-corrected chi connectivity index (χ0v) is 80.1. The zero-order valence-electron chi connectivity index (χ0n) is 63.1. The van der Waals surface area contributed by atoms with Crippen LogP contribution in [0.4, 0.5) is 0 Å². The van der Waals surface area contributed by atoms with Gasteiger partial charge in [-0.1, -0.05) is 26.6 Å². The van der Waals surface area contributed by atoms with Gasteiger partial charge in [-0.3, -0.25) is 80.6 Å². The largest absolute Gasteiger partial charge is 0.504 e. The maximum absolute atomic E-state index is 11.7. The third-order valence-electron chi connectivity index (χ3n) is 14.7. The number of rotatable bonds is 18. The summed E-state index contributed by atoms with van der Waals surface area (Å²) in [6, 6.07) is 36.2. The van der Waals surface area contributed by atoms with E-state index in [9.17, 15) is 43.2 Å². The minimum absolute atomic E-state index is 0. The topological polar surface area (TPSA) is 505 Å². The number of aromatic amines is 1. The maximum atomic E-state index is 11.7. The summed E-state index contributed by atoms with van der Waals surface area (Å²) in [7, 11) is 21.0. The third-order valence-corrected chi connectivity index (χ3v) is 14.7. The molecule has 0 aromatic carbocycles. The third kappa shape index (κ3) is 33.3. The number of amides is 6. The molecule has 0 saturated carbocycles. The normalized spacial score (nSPS) is 9.39. The summed E-state index contributed by atoms with van der Waals surface area (Å²) in [6.45, 7) is 5.11. The number of aliphatic hydroxyl groups excluding tert-OH is 1. The number of carboxylic acid groups (broad SMARTS) is 1. The van der Waals surface area contributed by atoms with E-state index >= 15 is 0 Å². The molecule has 6 amide bonds. The van der Waals surface area contributed by atoms with Crippen LogP contribution >= 0.6 is 0 Å². The molecule has 0 aliphatic carbocycles. The van der Waals surface area contributed by atoms with Gasteiger partial charge in [0.2, 0.25) is 35.4 Å². The quantitative estimate of drug-likeness (QED) is 0.0181. The van der Waals surface area contributed by atoms with E-state index in [1.54, 1.807) is 165 Å². The number of nitrogens with zero attached hydrogens (tertiary/aromatic N) is 18. The van der Waals surface area contributed by atoms with Gasteiger partial charge in [-0.05, 0) is 129 Å². The Balaban J connectivity index is -0.00000132. The van der Waals surface area contributed by atoms with Crippen LogP contribution in [-0.2, 0) is 231 Å². The van der Waals surface area contributed by atoms with Crippen molar-refractivity contribution in [3.8, 4) is 18.2 Å². The number of aliphatic hydroxyl groups is 1. The van der Waals surface area contributed by atoms with Crippen LogP contribution in [-0.4, -0.2) is 156 Å². The summed E-state index contributed by atoms with van der Waals surface area (Å²) in [5, 5.41) is 92.9. The van der Waals surface area contributed by atoms with Gasteiger partial charge in [0.1, 0.15) is 5.69 Å². The number of nitrogens with one attached hydrogen (secondary N) is 7. The van der Waals surface area contributed by atoms with Gasteiger partial charge in [-0.2, -0.15) is 51.6 Å². The van der Waals surface area contributed by atoms with Gasteiger partial charge >= 0.3 is 11.9 Å². The number of hydrogen-bond donors (Lipinski definition) is 9. The van der Waals surface area contributed by atoms with Crippen molar-refractivity contribution < 1.29 is 254 Å². The van der Waals surface area contributed by atoms with Crippen molar-refractivity contribution >= 4 is 92.8 Å². The first-order valence-electron chi connectivity index (χ1n) is 32.5. The van der Waals surface area contributed by atoms with Crippen molar-refractivity contribution in [2.45, 2.75) is 60.3 Å². The van der Waals surface area contributed by atoms with Crippen molar-refractivity contribution in [2.24, 2.45) is 0 Å². The molecule has 43 heteroatoms. The van der Waals surface area contributed by atoms with Gasteiger partial charge < -0.3 is 46.9 Å². The molecule has 6 radical (unpaired) electrons. The Bertz CT molecular complexity index is 5620. The van der Waals surface area contributed by atoms with Gasteiger partial charge in [-0.25, -0.2) is 31.9 Å². The number of ether oxygens (including phenoxy) is 1. The van der Waals surface area contributed by atoms with Gasteiger partial charge in [0.25, 0.3) is 0 Å².